The Morgan fingerprint density at radius 1 is 1.28 bits per heavy atom. The van der Waals surface area contributed by atoms with Crippen LogP contribution in [-0.4, -0.2) is 20.3 Å². The van der Waals surface area contributed by atoms with Crippen molar-refractivity contribution in [1.29, 1.82) is 0 Å². The summed E-state index contributed by atoms with van der Waals surface area (Å²) >= 11 is 6.17. The lowest BCUT2D eigenvalue weighted by atomic mass is 10.2. The van der Waals surface area contributed by atoms with Gasteiger partial charge < -0.3 is 14.8 Å². The first kappa shape index (κ1) is 17.4. The van der Waals surface area contributed by atoms with E-state index in [1.807, 2.05) is 19.1 Å². The summed E-state index contributed by atoms with van der Waals surface area (Å²) in [7, 11) is 1.62. The van der Waals surface area contributed by atoms with Crippen molar-refractivity contribution in [3.63, 3.8) is 0 Å². The molecule has 3 nitrogen and oxygen atoms in total. The third-order valence-electron chi connectivity index (χ3n) is 2.33. The molecule has 0 fully saturated rings. The smallest absolute Gasteiger partial charge is 0.179 e. The molecule has 0 aliphatic carbocycles. The van der Waals surface area contributed by atoms with Gasteiger partial charge in [-0.25, -0.2) is 0 Å². The number of benzene rings is 1. The number of rotatable bonds is 7. The molecule has 0 unspecified atom stereocenters. The number of nitrogens with one attached hydrogen (secondary N) is 1. The Labute approximate surface area is 120 Å². The van der Waals surface area contributed by atoms with Crippen LogP contribution in [0.15, 0.2) is 12.1 Å². The summed E-state index contributed by atoms with van der Waals surface area (Å²) < 4.78 is 10.8. The molecule has 0 saturated carbocycles. The van der Waals surface area contributed by atoms with Gasteiger partial charge in [0.1, 0.15) is 0 Å². The number of methoxy groups -OCH3 is 1. The van der Waals surface area contributed by atoms with Crippen LogP contribution in [0.2, 0.25) is 5.02 Å². The highest BCUT2D eigenvalue weighted by atomic mass is 35.5. The van der Waals surface area contributed by atoms with Crippen LogP contribution in [0.25, 0.3) is 0 Å². The summed E-state index contributed by atoms with van der Waals surface area (Å²) in [6.07, 6.45) is 1.11. The number of halogens is 2. The monoisotopic (exact) mass is 293 g/mol. The molecule has 0 aliphatic rings. The number of hydrogen-bond donors (Lipinski definition) is 1. The van der Waals surface area contributed by atoms with Gasteiger partial charge in [-0.3, -0.25) is 0 Å². The zero-order chi connectivity index (χ0) is 12.7. The third-order valence-corrected chi connectivity index (χ3v) is 2.61. The maximum absolute atomic E-state index is 6.17. The maximum Gasteiger partial charge on any atom is 0.179 e. The maximum atomic E-state index is 6.17. The molecule has 1 aromatic carbocycles. The minimum atomic E-state index is 0. The molecule has 0 saturated heterocycles. The van der Waals surface area contributed by atoms with Gasteiger partial charge in [-0.15, -0.1) is 12.4 Å². The second-order valence-electron chi connectivity index (χ2n) is 3.72. The molecule has 0 aliphatic heterocycles. The normalized spacial score (nSPS) is 9.78. The molecule has 18 heavy (non-hydrogen) atoms. The van der Waals surface area contributed by atoms with Gasteiger partial charge in [0.05, 0.1) is 18.7 Å². The topological polar surface area (TPSA) is 30.5 Å². The van der Waals surface area contributed by atoms with Gasteiger partial charge in [-0.05, 0) is 37.6 Å². The molecule has 5 heteroatoms. The molecular weight excluding hydrogens is 273 g/mol. The Morgan fingerprint density at radius 2 is 2.00 bits per heavy atom. The lowest BCUT2D eigenvalue weighted by Gasteiger charge is -2.13. The predicted molar refractivity (Wildman–Crippen MR) is 78.4 cm³/mol. The van der Waals surface area contributed by atoms with Crippen molar-refractivity contribution < 1.29 is 9.47 Å². The average Bonchev–Trinajstić information content (AvgIpc) is 2.32. The van der Waals surface area contributed by atoms with Gasteiger partial charge in [0, 0.05) is 6.54 Å². The second kappa shape index (κ2) is 9.31. The zero-order valence-electron chi connectivity index (χ0n) is 11.1. The number of hydrogen-bond acceptors (Lipinski definition) is 3. The van der Waals surface area contributed by atoms with Gasteiger partial charge in [-0.2, -0.15) is 0 Å². The first-order valence-corrected chi connectivity index (χ1v) is 6.30. The zero-order valence-corrected chi connectivity index (χ0v) is 12.7. The van der Waals surface area contributed by atoms with Gasteiger partial charge >= 0.3 is 0 Å². The molecule has 0 radical (unpaired) electrons. The lowest BCUT2D eigenvalue weighted by Crippen LogP contribution is -2.13. The van der Waals surface area contributed by atoms with Crippen LogP contribution in [0.4, 0.5) is 0 Å². The molecule has 1 N–H and O–H groups in total. The van der Waals surface area contributed by atoms with Crippen LogP contribution in [0.3, 0.4) is 0 Å². The van der Waals surface area contributed by atoms with E-state index < -0.39 is 0 Å². The minimum Gasteiger partial charge on any atom is -0.493 e. The summed E-state index contributed by atoms with van der Waals surface area (Å²) in [4.78, 5) is 0. The predicted octanol–water partition coefficient (Wildman–Crippen LogP) is 3.67. The van der Waals surface area contributed by atoms with Crippen LogP contribution >= 0.6 is 24.0 Å². The standard InChI is InChI=1S/C13H20ClNO2.ClH/c1-4-6-15-9-10-7-11(14)13(17-5-2)12(8-10)16-3;/h7-8,15H,4-6,9H2,1-3H3;1H. The second-order valence-corrected chi connectivity index (χ2v) is 4.13. The van der Waals surface area contributed by atoms with Crippen LogP contribution < -0.4 is 14.8 Å². The Kier molecular flexibility index (Phi) is 8.98. The van der Waals surface area contributed by atoms with Crippen molar-refractivity contribution >= 4 is 24.0 Å². The quantitative estimate of drug-likeness (QED) is 0.778. The lowest BCUT2D eigenvalue weighted by molar-refractivity contribution is 0.311. The summed E-state index contributed by atoms with van der Waals surface area (Å²) in [5.74, 6) is 1.31. The fraction of sp³-hybridized carbons (Fsp3) is 0.538. The Bertz CT molecular complexity index is 359. The van der Waals surface area contributed by atoms with Crippen LogP contribution in [0, 0.1) is 0 Å². The van der Waals surface area contributed by atoms with Crippen LogP contribution in [0.5, 0.6) is 11.5 Å². The molecular formula is C13H21Cl2NO2. The molecule has 1 aromatic rings. The van der Waals surface area contributed by atoms with E-state index in [1.165, 1.54) is 0 Å². The van der Waals surface area contributed by atoms with Crippen molar-refractivity contribution in [2.45, 2.75) is 26.8 Å². The molecule has 0 amide bonds. The van der Waals surface area contributed by atoms with E-state index in [4.69, 9.17) is 21.1 Å². The van der Waals surface area contributed by atoms with Crippen molar-refractivity contribution in [1.82, 2.24) is 5.32 Å². The summed E-state index contributed by atoms with van der Waals surface area (Å²) in [5.41, 5.74) is 1.10. The van der Waals surface area contributed by atoms with E-state index >= 15 is 0 Å². The Hall–Kier alpha value is -0.640. The molecule has 104 valence electrons. The SMILES string of the molecule is CCCNCc1cc(Cl)c(OCC)c(OC)c1.Cl. The van der Waals surface area contributed by atoms with E-state index in [0.29, 0.717) is 23.1 Å². The van der Waals surface area contributed by atoms with Crippen LogP contribution in [0.1, 0.15) is 25.8 Å². The Morgan fingerprint density at radius 3 is 2.56 bits per heavy atom. The first-order valence-electron chi connectivity index (χ1n) is 5.92. The summed E-state index contributed by atoms with van der Waals surface area (Å²) in [6, 6.07) is 3.87. The largest absolute Gasteiger partial charge is 0.493 e. The van der Waals surface area contributed by atoms with E-state index in [9.17, 15) is 0 Å². The van der Waals surface area contributed by atoms with E-state index in [1.54, 1.807) is 7.11 Å². The molecule has 0 bridgehead atoms. The van der Waals surface area contributed by atoms with Crippen molar-refractivity contribution in [2.24, 2.45) is 0 Å². The van der Waals surface area contributed by atoms with Gasteiger partial charge in [0.2, 0.25) is 0 Å². The highest BCUT2D eigenvalue weighted by molar-refractivity contribution is 6.32. The summed E-state index contributed by atoms with van der Waals surface area (Å²) in [6.45, 7) is 6.41. The van der Waals surface area contributed by atoms with Crippen LogP contribution in [-0.2, 0) is 6.54 Å². The van der Waals surface area contributed by atoms with Crippen molar-refractivity contribution in [3.05, 3.63) is 22.7 Å². The van der Waals surface area contributed by atoms with Crippen molar-refractivity contribution in [2.75, 3.05) is 20.3 Å². The van der Waals surface area contributed by atoms with E-state index in [0.717, 1.165) is 25.1 Å². The van der Waals surface area contributed by atoms with E-state index in [-0.39, 0.29) is 12.4 Å². The number of ether oxygens (including phenoxy) is 2. The molecule has 0 atom stereocenters. The Balaban J connectivity index is 0.00000289. The molecule has 1 rings (SSSR count). The van der Waals surface area contributed by atoms with Crippen molar-refractivity contribution in [3.8, 4) is 11.5 Å². The third kappa shape index (κ3) is 4.92. The molecule has 0 aromatic heterocycles. The first-order chi connectivity index (χ1) is 8.22. The fourth-order valence-electron chi connectivity index (χ4n) is 1.57. The van der Waals surface area contributed by atoms with E-state index in [2.05, 4.69) is 12.2 Å². The molecule has 0 spiro atoms. The summed E-state index contributed by atoms with van der Waals surface area (Å²) in [5, 5.41) is 3.92. The minimum absolute atomic E-state index is 0. The van der Waals surface area contributed by atoms with Gasteiger partial charge in [0.25, 0.3) is 0 Å². The average molecular weight is 294 g/mol. The molecule has 0 heterocycles. The van der Waals surface area contributed by atoms with Gasteiger partial charge in [0.15, 0.2) is 11.5 Å². The highest BCUT2D eigenvalue weighted by Gasteiger charge is 2.11. The van der Waals surface area contributed by atoms with Gasteiger partial charge in [-0.1, -0.05) is 18.5 Å². The fourth-order valence-corrected chi connectivity index (χ4v) is 1.86. The highest BCUT2D eigenvalue weighted by Crippen LogP contribution is 2.36.